The summed E-state index contributed by atoms with van der Waals surface area (Å²) in [5, 5.41) is 15.4. The Kier molecular flexibility index (Phi) is 4.81. The number of aryl methyl sites for hydroxylation is 1. The number of aromatic nitrogens is 2. The predicted molar refractivity (Wildman–Crippen MR) is 87.8 cm³/mol. The van der Waals surface area contributed by atoms with Crippen molar-refractivity contribution in [1.82, 2.24) is 10.1 Å². The summed E-state index contributed by atoms with van der Waals surface area (Å²) in [6.07, 6.45) is 0.430. The van der Waals surface area contributed by atoms with Crippen LogP contribution in [0.25, 0.3) is 11.4 Å². The molecule has 0 aliphatic carbocycles. The lowest BCUT2D eigenvalue weighted by atomic mass is 10.2. The first-order valence-corrected chi connectivity index (χ1v) is 7.52. The summed E-state index contributed by atoms with van der Waals surface area (Å²) in [4.78, 5) is 16.2. The molecule has 7 heteroatoms. The van der Waals surface area contributed by atoms with E-state index in [1.54, 1.807) is 36.4 Å². The van der Waals surface area contributed by atoms with E-state index in [-0.39, 0.29) is 24.6 Å². The molecule has 0 aliphatic heterocycles. The molecule has 0 saturated heterocycles. The summed E-state index contributed by atoms with van der Waals surface area (Å²) in [5.74, 6) is 0.0959. The molecule has 0 unspecified atom stereocenters. The molecule has 0 aliphatic rings. The molecule has 2 aromatic carbocycles. The molecule has 1 aromatic heterocycles. The minimum absolute atomic E-state index is 0.155. The lowest BCUT2D eigenvalue weighted by Gasteiger charge is -2.04. The lowest BCUT2D eigenvalue weighted by Crippen LogP contribution is -2.12. The number of rotatable bonds is 5. The minimum atomic E-state index is -0.343. The second-order valence-electron chi connectivity index (χ2n) is 5.26. The molecule has 25 heavy (non-hydrogen) atoms. The van der Waals surface area contributed by atoms with Gasteiger partial charge in [-0.25, -0.2) is 4.39 Å². The van der Waals surface area contributed by atoms with Gasteiger partial charge in [0.25, 0.3) is 0 Å². The van der Waals surface area contributed by atoms with Crippen molar-refractivity contribution in [1.29, 1.82) is 5.26 Å². The first kappa shape index (κ1) is 16.3. The van der Waals surface area contributed by atoms with Gasteiger partial charge in [0.15, 0.2) is 0 Å². The average molecular weight is 336 g/mol. The smallest absolute Gasteiger partial charge is 0.227 e. The fourth-order valence-corrected chi connectivity index (χ4v) is 2.18. The Morgan fingerprint density at radius 1 is 1.24 bits per heavy atom. The zero-order valence-corrected chi connectivity index (χ0v) is 13.1. The minimum Gasteiger partial charge on any atom is -0.339 e. The molecule has 0 fully saturated rings. The van der Waals surface area contributed by atoms with Gasteiger partial charge in [0.05, 0.1) is 11.6 Å². The number of halogens is 1. The van der Waals surface area contributed by atoms with E-state index in [0.29, 0.717) is 28.5 Å². The van der Waals surface area contributed by atoms with Crippen molar-refractivity contribution in [3.63, 3.8) is 0 Å². The molecular formula is C18H13FN4O2. The SMILES string of the molecule is N#Cc1cccc(NC(=O)CCc2nc(-c3ccc(F)cc3)no2)c1. The van der Waals surface area contributed by atoms with Crippen molar-refractivity contribution in [2.45, 2.75) is 12.8 Å². The molecule has 3 rings (SSSR count). The van der Waals surface area contributed by atoms with Crippen LogP contribution in [0, 0.1) is 17.1 Å². The Bertz CT molecular complexity index is 929. The van der Waals surface area contributed by atoms with E-state index in [9.17, 15) is 9.18 Å². The fraction of sp³-hybridized carbons (Fsp3) is 0.111. The van der Waals surface area contributed by atoms with Crippen molar-refractivity contribution in [3.05, 3.63) is 65.8 Å². The number of nitrogens with zero attached hydrogens (tertiary/aromatic N) is 3. The van der Waals surface area contributed by atoms with Gasteiger partial charge < -0.3 is 9.84 Å². The molecule has 124 valence electrons. The van der Waals surface area contributed by atoms with Gasteiger partial charge in [-0.2, -0.15) is 10.2 Å². The Hall–Kier alpha value is -3.53. The van der Waals surface area contributed by atoms with E-state index in [2.05, 4.69) is 15.5 Å². The third-order valence-corrected chi connectivity index (χ3v) is 3.41. The van der Waals surface area contributed by atoms with E-state index in [0.717, 1.165) is 0 Å². The monoisotopic (exact) mass is 336 g/mol. The zero-order chi connectivity index (χ0) is 17.6. The molecule has 3 aromatic rings. The van der Waals surface area contributed by atoms with Gasteiger partial charge in [0.1, 0.15) is 5.82 Å². The van der Waals surface area contributed by atoms with Crippen LogP contribution in [0.1, 0.15) is 17.9 Å². The molecule has 0 atom stereocenters. The third-order valence-electron chi connectivity index (χ3n) is 3.41. The highest BCUT2D eigenvalue weighted by Crippen LogP contribution is 2.17. The zero-order valence-electron chi connectivity index (χ0n) is 13.1. The normalized spacial score (nSPS) is 10.2. The first-order chi connectivity index (χ1) is 12.1. The second-order valence-corrected chi connectivity index (χ2v) is 5.26. The summed E-state index contributed by atoms with van der Waals surface area (Å²) >= 11 is 0. The number of anilines is 1. The number of nitrogens with one attached hydrogen (secondary N) is 1. The Labute approximate surface area is 142 Å². The topological polar surface area (TPSA) is 91.8 Å². The molecule has 0 bridgehead atoms. The number of nitriles is 1. The van der Waals surface area contributed by atoms with Crippen molar-refractivity contribution < 1.29 is 13.7 Å². The van der Waals surface area contributed by atoms with Crippen LogP contribution < -0.4 is 5.32 Å². The number of carbonyl (C=O) groups excluding carboxylic acids is 1. The summed E-state index contributed by atoms with van der Waals surface area (Å²) < 4.78 is 18.0. The quantitative estimate of drug-likeness (QED) is 0.771. The number of benzene rings is 2. The maximum atomic E-state index is 12.9. The number of amides is 1. The highest BCUT2D eigenvalue weighted by molar-refractivity contribution is 5.90. The summed E-state index contributed by atoms with van der Waals surface area (Å²) in [5.41, 5.74) is 1.66. The standard InChI is InChI=1S/C18H13FN4O2/c19-14-6-4-13(5-7-14)18-22-17(25-23-18)9-8-16(24)21-15-3-1-2-12(10-15)11-20/h1-7,10H,8-9H2,(H,21,24). The van der Waals surface area contributed by atoms with E-state index in [1.165, 1.54) is 12.1 Å². The van der Waals surface area contributed by atoms with Gasteiger partial charge in [-0.1, -0.05) is 11.2 Å². The largest absolute Gasteiger partial charge is 0.339 e. The molecule has 0 saturated carbocycles. The Balaban J connectivity index is 1.57. The van der Waals surface area contributed by atoms with Gasteiger partial charge in [-0.15, -0.1) is 0 Å². The molecule has 1 N–H and O–H groups in total. The molecule has 0 spiro atoms. The van der Waals surface area contributed by atoms with E-state index in [4.69, 9.17) is 9.78 Å². The molecule has 0 radical (unpaired) electrons. The maximum absolute atomic E-state index is 12.9. The number of carbonyl (C=O) groups is 1. The fourth-order valence-electron chi connectivity index (χ4n) is 2.18. The van der Waals surface area contributed by atoms with E-state index >= 15 is 0 Å². The lowest BCUT2D eigenvalue weighted by molar-refractivity contribution is -0.116. The van der Waals surface area contributed by atoms with Crippen molar-refractivity contribution in [3.8, 4) is 17.5 Å². The van der Waals surface area contributed by atoms with Gasteiger partial charge in [0.2, 0.25) is 17.6 Å². The van der Waals surface area contributed by atoms with Crippen LogP contribution in [0.5, 0.6) is 0 Å². The van der Waals surface area contributed by atoms with Crippen LogP contribution in [0.2, 0.25) is 0 Å². The molecule has 1 amide bonds. The van der Waals surface area contributed by atoms with Crippen LogP contribution in [0.4, 0.5) is 10.1 Å². The van der Waals surface area contributed by atoms with Gasteiger partial charge >= 0.3 is 0 Å². The molecule has 6 nitrogen and oxygen atoms in total. The highest BCUT2D eigenvalue weighted by atomic mass is 19.1. The van der Waals surface area contributed by atoms with Gasteiger partial charge in [-0.05, 0) is 42.5 Å². The first-order valence-electron chi connectivity index (χ1n) is 7.52. The third kappa shape index (κ3) is 4.26. The summed E-state index contributed by atoms with van der Waals surface area (Å²) in [6.45, 7) is 0. The molecule has 1 heterocycles. The van der Waals surface area contributed by atoms with Crippen LogP contribution in [-0.2, 0) is 11.2 Å². The van der Waals surface area contributed by atoms with Gasteiger partial charge in [0, 0.05) is 24.1 Å². The molecular weight excluding hydrogens is 323 g/mol. The van der Waals surface area contributed by atoms with E-state index < -0.39 is 0 Å². The summed E-state index contributed by atoms with van der Waals surface area (Å²) in [7, 11) is 0. The van der Waals surface area contributed by atoms with Crippen molar-refractivity contribution in [2.75, 3.05) is 5.32 Å². The number of hydrogen-bond acceptors (Lipinski definition) is 5. The van der Waals surface area contributed by atoms with Crippen LogP contribution in [-0.4, -0.2) is 16.0 Å². The Morgan fingerprint density at radius 2 is 2.04 bits per heavy atom. The predicted octanol–water partition coefficient (Wildman–Crippen LogP) is 3.32. The maximum Gasteiger partial charge on any atom is 0.227 e. The van der Waals surface area contributed by atoms with Crippen LogP contribution >= 0.6 is 0 Å². The highest BCUT2D eigenvalue weighted by Gasteiger charge is 2.11. The van der Waals surface area contributed by atoms with Crippen molar-refractivity contribution >= 4 is 11.6 Å². The number of hydrogen-bond donors (Lipinski definition) is 1. The second kappa shape index (κ2) is 7.36. The Morgan fingerprint density at radius 3 is 2.80 bits per heavy atom. The summed E-state index contributed by atoms with van der Waals surface area (Å²) in [6, 6.07) is 14.4. The van der Waals surface area contributed by atoms with Gasteiger partial charge in [-0.3, -0.25) is 4.79 Å². The van der Waals surface area contributed by atoms with E-state index in [1.807, 2.05) is 6.07 Å². The van der Waals surface area contributed by atoms with Crippen LogP contribution in [0.15, 0.2) is 53.1 Å². The average Bonchev–Trinajstić information content (AvgIpc) is 3.10. The van der Waals surface area contributed by atoms with Crippen molar-refractivity contribution in [2.24, 2.45) is 0 Å². The van der Waals surface area contributed by atoms with Crippen LogP contribution in [0.3, 0.4) is 0 Å².